The molecule has 0 aliphatic carbocycles. The van der Waals surface area contributed by atoms with Gasteiger partial charge in [0.1, 0.15) is 18.2 Å². The first-order valence-electron chi connectivity index (χ1n) is 8.60. The number of esters is 1. The lowest BCUT2D eigenvalue weighted by Gasteiger charge is -2.25. The highest BCUT2D eigenvalue weighted by Gasteiger charge is 2.32. The quantitative estimate of drug-likeness (QED) is 0.686. The van der Waals surface area contributed by atoms with Gasteiger partial charge in [-0.3, -0.25) is 0 Å². The molecule has 0 saturated heterocycles. The number of ether oxygens (including phenoxy) is 2. The van der Waals surface area contributed by atoms with Crippen molar-refractivity contribution < 1.29 is 27.8 Å². The van der Waals surface area contributed by atoms with Crippen molar-refractivity contribution in [3.05, 3.63) is 35.9 Å². The maximum atomic E-state index is 13.5. The molecular formula is C19H27F2NO4. The number of alkyl carbamates (subject to hydrolysis) is 1. The molecule has 0 aliphatic heterocycles. The van der Waals surface area contributed by atoms with Crippen molar-refractivity contribution in [3.63, 3.8) is 0 Å². The molecule has 0 heterocycles. The molecule has 0 aromatic heterocycles. The van der Waals surface area contributed by atoms with Crippen LogP contribution in [0.25, 0.3) is 0 Å². The molecule has 0 spiro atoms. The van der Waals surface area contributed by atoms with E-state index in [1.165, 1.54) is 6.92 Å². The molecule has 0 radical (unpaired) electrons. The number of nitrogens with one attached hydrogen (secondary N) is 1. The fraction of sp³-hybridized carbons (Fsp3) is 0.579. The fourth-order valence-electron chi connectivity index (χ4n) is 2.06. The summed E-state index contributed by atoms with van der Waals surface area (Å²) < 4.78 is 37.3. The van der Waals surface area contributed by atoms with Gasteiger partial charge in [0.05, 0.1) is 0 Å². The number of benzene rings is 1. The largest absolute Gasteiger partial charge is 0.458 e. The topological polar surface area (TPSA) is 64.6 Å². The number of alkyl halides is 2. The van der Waals surface area contributed by atoms with Crippen molar-refractivity contribution in [1.29, 1.82) is 0 Å². The van der Waals surface area contributed by atoms with E-state index in [-0.39, 0.29) is 19.4 Å². The number of amides is 1. The van der Waals surface area contributed by atoms with Crippen molar-refractivity contribution >= 4 is 12.1 Å². The van der Waals surface area contributed by atoms with Gasteiger partial charge in [-0.2, -0.15) is 0 Å². The smallest absolute Gasteiger partial charge is 0.408 e. The van der Waals surface area contributed by atoms with E-state index in [1.807, 2.05) is 6.07 Å². The Balaban J connectivity index is 2.67. The van der Waals surface area contributed by atoms with E-state index >= 15 is 0 Å². The van der Waals surface area contributed by atoms with Gasteiger partial charge in [-0.15, -0.1) is 0 Å². The average molecular weight is 371 g/mol. The van der Waals surface area contributed by atoms with Gasteiger partial charge in [0, 0.05) is 12.8 Å². The molecule has 0 saturated carbocycles. The third-order valence-corrected chi connectivity index (χ3v) is 3.51. The molecule has 5 nitrogen and oxygen atoms in total. The van der Waals surface area contributed by atoms with Gasteiger partial charge in [0.15, 0.2) is 0 Å². The Kier molecular flexibility index (Phi) is 7.99. The third kappa shape index (κ3) is 8.78. The first-order chi connectivity index (χ1) is 12.0. The van der Waals surface area contributed by atoms with Crippen LogP contribution in [0.1, 0.15) is 52.5 Å². The van der Waals surface area contributed by atoms with Crippen LogP contribution in [-0.4, -0.2) is 29.6 Å². The van der Waals surface area contributed by atoms with Crippen LogP contribution in [0.15, 0.2) is 30.3 Å². The third-order valence-electron chi connectivity index (χ3n) is 3.51. The van der Waals surface area contributed by atoms with Crippen LogP contribution >= 0.6 is 0 Å². The molecule has 1 aromatic rings. The zero-order chi connectivity index (χ0) is 19.8. The number of carbonyl (C=O) groups is 2. The van der Waals surface area contributed by atoms with Gasteiger partial charge >= 0.3 is 12.1 Å². The standard InChI is InChI=1S/C19H27F2NO4/c1-5-19(20,21)12-11-15(16(23)26-18(2,3)4)22-17(24)25-13-14-9-7-6-8-10-14/h6-10,15H,5,11-13H2,1-4H3,(H,22,24)/t15-/m0/s1. The highest BCUT2D eigenvalue weighted by Crippen LogP contribution is 2.25. The normalized spacial score (nSPS) is 13.0. The molecule has 26 heavy (non-hydrogen) atoms. The van der Waals surface area contributed by atoms with Gasteiger partial charge in [-0.1, -0.05) is 37.3 Å². The minimum absolute atomic E-state index is 0.0127. The Labute approximate surface area is 153 Å². The van der Waals surface area contributed by atoms with E-state index in [2.05, 4.69) is 5.32 Å². The summed E-state index contributed by atoms with van der Waals surface area (Å²) in [7, 11) is 0. The van der Waals surface area contributed by atoms with Gasteiger partial charge in [-0.25, -0.2) is 18.4 Å². The lowest BCUT2D eigenvalue weighted by molar-refractivity contribution is -0.158. The molecule has 1 N–H and O–H groups in total. The SMILES string of the molecule is CCC(F)(F)CC[C@H](NC(=O)OCc1ccccc1)C(=O)OC(C)(C)C. The Bertz CT molecular complexity index is 585. The summed E-state index contributed by atoms with van der Waals surface area (Å²) in [4.78, 5) is 24.2. The lowest BCUT2D eigenvalue weighted by atomic mass is 10.1. The van der Waals surface area contributed by atoms with Gasteiger partial charge in [0.2, 0.25) is 5.92 Å². The fourth-order valence-corrected chi connectivity index (χ4v) is 2.06. The monoisotopic (exact) mass is 371 g/mol. The van der Waals surface area contributed by atoms with E-state index in [4.69, 9.17) is 9.47 Å². The molecule has 7 heteroatoms. The summed E-state index contributed by atoms with van der Waals surface area (Å²) in [5.41, 5.74) is -0.0212. The zero-order valence-electron chi connectivity index (χ0n) is 15.7. The second-order valence-electron chi connectivity index (χ2n) is 7.04. The Morgan fingerprint density at radius 1 is 1.15 bits per heavy atom. The second kappa shape index (κ2) is 9.50. The Hall–Kier alpha value is -2.18. The Morgan fingerprint density at radius 3 is 2.31 bits per heavy atom. The van der Waals surface area contributed by atoms with Gasteiger partial charge in [0.25, 0.3) is 0 Å². The lowest BCUT2D eigenvalue weighted by Crippen LogP contribution is -2.45. The van der Waals surface area contributed by atoms with Crippen LogP contribution in [0, 0.1) is 0 Å². The van der Waals surface area contributed by atoms with Crippen LogP contribution < -0.4 is 5.32 Å². The second-order valence-corrected chi connectivity index (χ2v) is 7.04. The summed E-state index contributed by atoms with van der Waals surface area (Å²) in [5.74, 6) is -3.67. The number of rotatable bonds is 8. The van der Waals surface area contributed by atoms with E-state index in [0.717, 1.165) is 5.56 Å². The zero-order valence-corrected chi connectivity index (χ0v) is 15.7. The highest BCUT2D eigenvalue weighted by molar-refractivity contribution is 5.81. The van der Waals surface area contributed by atoms with Crippen LogP contribution in [0.3, 0.4) is 0 Å². The van der Waals surface area contributed by atoms with Crippen LogP contribution in [0.2, 0.25) is 0 Å². The Morgan fingerprint density at radius 2 is 1.77 bits per heavy atom. The van der Waals surface area contributed by atoms with Crippen LogP contribution in [0.5, 0.6) is 0 Å². The minimum Gasteiger partial charge on any atom is -0.458 e. The molecule has 1 atom stereocenters. The van der Waals surface area contributed by atoms with E-state index in [9.17, 15) is 18.4 Å². The van der Waals surface area contributed by atoms with E-state index in [0.29, 0.717) is 0 Å². The van der Waals surface area contributed by atoms with Crippen molar-refractivity contribution in [2.45, 2.75) is 71.1 Å². The summed E-state index contributed by atoms with van der Waals surface area (Å²) in [6.45, 7) is 6.37. The van der Waals surface area contributed by atoms with Crippen LogP contribution in [-0.2, 0) is 20.9 Å². The number of hydrogen-bond acceptors (Lipinski definition) is 4. The predicted octanol–water partition coefficient (Wildman–Crippen LogP) is 4.45. The summed E-state index contributed by atoms with van der Waals surface area (Å²) in [6.07, 6.45) is -1.97. The van der Waals surface area contributed by atoms with Crippen molar-refractivity contribution in [1.82, 2.24) is 5.32 Å². The highest BCUT2D eigenvalue weighted by atomic mass is 19.3. The minimum atomic E-state index is -2.91. The van der Waals surface area contributed by atoms with Crippen molar-refractivity contribution in [3.8, 4) is 0 Å². The number of halogens is 2. The molecule has 1 aromatic carbocycles. The first-order valence-corrected chi connectivity index (χ1v) is 8.60. The molecule has 0 bridgehead atoms. The molecule has 0 fully saturated rings. The van der Waals surface area contributed by atoms with Crippen molar-refractivity contribution in [2.75, 3.05) is 0 Å². The van der Waals surface area contributed by atoms with Gasteiger partial charge in [-0.05, 0) is 32.8 Å². The molecule has 146 valence electrons. The molecular weight excluding hydrogens is 344 g/mol. The number of hydrogen-bond donors (Lipinski definition) is 1. The average Bonchev–Trinajstić information content (AvgIpc) is 2.56. The summed E-state index contributed by atoms with van der Waals surface area (Å²) in [6, 6.07) is 7.78. The number of carbonyl (C=O) groups excluding carboxylic acids is 2. The first kappa shape index (κ1) is 21.9. The molecule has 0 aliphatic rings. The summed E-state index contributed by atoms with van der Waals surface area (Å²) >= 11 is 0. The van der Waals surface area contributed by atoms with Crippen LogP contribution in [0.4, 0.5) is 13.6 Å². The maximum Gasteiger partial charge on any atom is 0.408 e. The van der Waals surface area contributed by atoms with E-state index in [1.54, 1.807) is 45.0 Å². The van der Waals surface area contributed by atoms with Gasteiger partial charge < -0.3 is 14.8 Å². The summed E-state index contributed by atoms with van der Waals surface area (Å²) in [5, 5.41) is 2.34. The maximum absolute atomic E-state index is 13.5. The molecule has 1 rings (SSSR count). The molecule has 0 unspecified atom stereocenters. The van der Waals surface area contributed by atoms with Crippen molar-refractivity contribution in [2.24, 2.45) is 0 Å². The van der Waals surface area contributed by atoms with E-state index < -0.39 is 36.0 Å². The predicted molar refractivity (Wildman–Crippen MR) is 93.9 cm³/mol. The molecule has 1 amide bonds.